The van der Waals surface area contributed by atoms with Gasteiger partial charge in [-0.3, -0.25) is 4.57 Å². The van der Waals surface area contributed by atoms with Crippen molar-refractivity contribution < 1.29 is 0 Å². The number of hydrogen-bond acceptors (Lipinski definition) is 3. The zero-order chi connectivity index (χ0) is 13.3. The summed E-state index contributed by atoms with van der Waals surface area (Å²) in [6, 6.07) is 0.655. The highest BCUT2D eigenvalue weighted by atomic mass is 79.9. The van der Waals surface area contributed by atoms with Crippen LogP contribution in [0.5, 0.6) is 0 Å². The molecular weight excluding hydrogens is 294 g/mol. The molecule has 1 aliphatic carbocycles. The first kappa shape index (κ1) is 13.5. The van der Waals surface area contributed by atoms with E-state index in [0.717, 1.165) is 28.0 Å². The van der Waals surface area contributed by atoms with Crippen LogP contribution in [0.1, 0.15) is 24.2 Å². The van der Waals surface area contributed by atoms with Crippen molar-refractivity contribution in [2.45, 2.75) is 39.3 Å². The third-order valence-electron chi connectivity index (χ3n) is 3.13. The lowest BCUT2D eigenvalue weighted by molar-refractivity contribution is 0.640. The second-order valence-electron chi connectivity index (χ2n) is 4.87. The molecular formula is C13H18BrN3O. The molecule has 0 atom stereocenters. The van der Waals surface area contributed by atoms with Crippen LogP contribution in [-0.4, -0.2) is 22.1 Å². The molecule has 1 saturated carbocycles. The van der Waals surface area contributed by atoms with Crippen LogP contribution >= 0.6 is 15.9 Å². The fourth-order valence-electron chi connectivity index (χ4n) is 1.82. The lowest BCUT2D eigenvalue weighted by Gasteiger charge is -2.14. The van der Waals surface area contributed by atoms with Crippen molar-refractivity contribution in [1.29, 1.82) is 0 Å². The average Bonchev–Trinajstić information content (AvgIpc) is 3.13. The number of aromatic nitrogens is 2. The zero-order valence-electron chi connectivity index (χ0n) is 10.8. The van der Waals surface area contributed by atoms with E-state index in [0.29, 0.717) is 12.6 Å². The molecule has 0 aromatic carbocycles. The van der Waals surface area contributed by atoms with E-state index in [2.05, 4.69) is 32.8 Å². The number of hydrogen-bond donors (Lipinski definition) is 1. The van der Waals surface area contributed by atoms with Crippen molar-refractivity contribution in [1.82, 2.24) is 14.9 Å². The first-order valence-corrected chi connectivity index (χ1v) is 6.92. The number of nitrogens with one attached hydrogen (secondary N) is 1. The highest BCUT2D eigenvalue weighted by Crippen LogP contribution is 2.19. The first-order valence-electron chi connectivity index (χ1n) is 6.12. The van der Waals surface area contributed by atoms with Crippen LogP contribution in [0.15, 0.2) is 21.4 Å². The monoisotopic (exact) mass is 311 g/mol. The van der Waals surface area contributed by atoms with Crippen molar-refractivity contribution in [2.75, 3.05) is 6.54 Å². The molecule has 2 rings (SSSR count). The predicted molar refractivity (Wildman–Crippen MR) is 75.8 cm³/mol. The van der Waals surface area contributed by atoms with Crippen molar-refractivity contribution >= 4 is 15.9 Å². The summed E-state index contributed by atoms with van der Waals surface area (Å²) in [6.07, 6.45) is 2.51. The van der Waals surface area contributed by atoms with Gasteiger partial charge in [-0.25, -0.2) is 4.79 Å². The van der Waals surface area contributed by atoms with Crippen molar-refractivity contribution in [3.8, 4) is 0 Å². The van der Waals surface area contributed by atoms with Gasteiger partial charge in [-0.15, -0.1) is 0 Å². The van der Waals surface area contributed by atoms with Gasteiger partial charge in [-0.2, -0.15) is 4.98 Å². The van der Waals surface area contributed by atoms with E-state index in [1.807, 2.05) is 13.8 Å². The summed E-state index contributed by atoms with van der Waals surface area (Å²) in [5.41, 5.74) is 2.43. The smallest absolute Gasteiger partial charge is 0.310 e. The Labute approximate surface area is 115 Å². The molecule has 1 fully saturated rings. The van der Waals surface area contributed by atoms with Gasteiger partial charge >= 0.3 is 5.69 Å². The normalized spacial score (nSPS) is 14.8. The second kappa shape index (κ2) is 5.36. The van der Waals surface area contributed by atoms with E-state index >= 15 is 0 Å². The summed E-state index contributed by atoms with van der Waals surface area (Å²) in [5, 5.41) is 3.39. The predicted octanol–water partition coefficient (Wildman–Crippen LogP) is 1.93. The molecule has 0 saturated heterocycles. The maximum atomic E-state index is 11.9. The van der Waals surface area contributed by atoms with Gasteiger partial charge in [-0.1, -0.05) is 6.58 Å². The van der Waals surface area contributed by atoms with Gasteiger partial charge in [0.25, 0.3) is 0 Å². The Morgan fingerprint density at radius 2 is 2.22 bits per heavy atom. The van der Waals surface area contributed by atoms with Gasteiger partial charge in [0.1, 0.15) is 0 Å². The van der Waals surface area contributed by atoms with Crippen LogP contribution in [-0.2, 0) is 6.54 Å². The molecule has 0 unspecified atom stereocenters. The quantitative estimate of drug-likeness (QED) is 0.845. The van der Waals surface area contributed by atoms with E-state index in [-0.39, 0.29) is 5.69 Å². The third-order valence-corrected chi connectivity index (χ3v) is 4.28. The molecule has 1 N–H and O–H groups in total. The van der Waals surface area contributed by atoms with Gasteiger partial charge in [0.2, 0.25) is 0 Å². The van der Waals surface area contributed by atoms with Gasteiger partial charge < -0.3 is 5.32 Å². The maximum Gasteiger partial charge on any atom is 0.348 e. The molecule has 1 aromatic heterocycles. The van der Waals surface area contributed by atoms with Gasteiger partial charge in [-0.05, 0) is 48.2 Å². The van der Waals surface area contributed by atoms with Crippen molar-refractivity contribution in [3.63, 3.8) is 0 Å². The van der Waals surface area contributed by atoms with E-state index in [1.165, 1.54) is 12.8 Å². The molecule has 1 aliphatic rings. The van der Waals surface area contributed by atoms with Crippen LogP contribution < -0.4 is 11.0 Å². The summed E-state index contributed by atoms with van der Waals surface area (Å²) in [4.78, 5) is 15.9. The lowest BCUT2D eigenvalue weighted by atomic mass is 10.2. The minimum atomic E-state index is -0.208. The Balaban J connectivity index is 2.10. The molecule has 4 nitrogen and oxygen atoms in total. The minimum Gasteiger partial charge on any atom is -0.310 e. The number of aryl methyl sites for hydroxylation is 1. The Hall–Kier alpha value is -0.940. The van der Waals surface area contributed by atoms with Crippen LogP contribution in [0, 0.1) is 13.8 Å². The number of rotatable bonds is 5. The van der Waals surface area contributed by atoms with Gasteiger partial charge in [0, 0.05) is 24.8 Å². The second-order valence-corrected chi connectivity index (χ2v) is 5.66. The van der Waals surface area contributed by atoms with Gasteiger partial charge in [0.05, 0.1) is 10.2 Å². The van der Waals surface area contributed by atoms with Crippen molar-refractivity contribution in [3.05, 3.63) is 38.5 Å². The van der Waals surface area contributed by atoms with E-state index in [4.69, 9.17) is 0 Å². The number of nitrogens with zero attached hydrogens (tertiary/aromatic N) is 2. The van der Waals surface area contributed by atoms with Gasteiger partial charge in [0.15, 0.2) is 0 Å². The molecule has 98 valence electrons. The average molecular weight is 312 g/mol. The highest BCUT2D eigenvalue weighted by Gasteiger charge is 2.20. The van der Waals surface area contributed by atoms with Crippen LogP contribution in [0.2, 0.25) is 0 Å². The lowest BCUT2D eigenvalue weighted by Crippen LogP contribution is -2.29. The van der Waals surface area contributed by atoms with E-state index in [1.54, 1.807) is 4.57 Å². The fourth-order valence-corrected chi connectivity index (χ4v) is 2.12. The number of halogens is 1. The van der Waals surface area contributed by atoms with E-state index in [9.17, 15) is 4.79 Å². The molecule has 0 bridgehead atoms. The summed E-state index contributed by atoms with van der Waals surface area (Å²) < 4.78 is 2.55. The van der Waals surface area contributed by atoms with Crippen LogP contribution in [0.25, 0.3) is 0 Å². The SMILES string of the molecule is C=C(CNC1CC1)Cn1c(C)c(Br)c(C)nc1=O. The molecule has 0 aliphatic heterocycles. The summed E-state index contributed by atoms with van der Waals surface area (Å²) >= 11 is 3.46. The minimum absolute atomic E-state index is 0.208. The molecule has 18 heavy (non-hydrogen) atoms. The molecule has 0 amide bonds. The molecule has 5 heteroatoms. The summed E-state index contributed by atoms with van der Waals surface area (Å²) in [5.74, 6) is 0. The Morgan fingerprint density at radius 3 is 2.83 bits per heavy atom. The van der Waals surface area contributed by atoms with Crippen LogP contribution in [0.3, 0.4) is 0 Å². The van der Waals surface area contributed by atoms with E-state index < -0.39 is 0 Å². The summed E-state index contributed by atoms with van der Waals surface area (Å²) in [7, 11) is 0. The Morgan fingerprint density at radius 1 is 1.56 bits per heavy atom. The van der Waals surface area contributed by atoms with Crippen molar-refractivity contribution in [2.24, 2.45) is 0 Å². The maximum absolute atomic E-state index is 11.9. The molecule has 1 heterocycles. The molecule has 0 radical (unpaired) electrons. The molecule has 0 spiro atoms. The highest BCUT2D eigenvalue weighted by molar-refractivity contribution is 9.10. The standard InChI is InChI=1S/C13H18BrN3O/c1-8(6-15-11-4-5-11)7-17-10(3)12(14)9(2)16-13(17)18/h11,15H,1,4-7H2,2-3H3. The van der Waals surface area contributed by atoms with Crippen LogP contribution in [0.4, 0.5) is 0 Å². The first-order chi connectivity index (χ1) is 8.49. The third kappa shape index (κ3) is 3.09. The molecule has 1 aromatic rings. The largest absolute Gasteiger partial charge is 0.348 e. The Kier molecular flexibility index (Phi) is 4.02. The Bertz CT molecular complexity index is 532. The topological polar surface area (TPSA) is 46.9 Å². The summed E-state index contributed by atoms with van der Waals surface area (Å²) in [6.45, 7) is 9.05. The fraction of sp³-hybridized carbons (Fsp3) is 0.538. The zero-order valence-corrected chi connectivity index (χ0v) is 12.4.